The maximum atomic E-state index is 13.7. The molecule has 0 saturated carbocycles. The molecule has 0 bridgehead atoms. The number of benzene rings is 2. The van der Waals surface area contributed by atoms with E-state index in [0.717, 1.165) is 0 Å². The molecule has 0 aromatic heterocycles. The molecule has 5 heteroatoms. The van der Waals surface area contributed by atoms with Crippen LogP contribution in [0.3, 0.4) is 0 Å². The van der Waals surface area contributed by atoms with Crippen LogP contribution in [0.4, 0.5) is 8.78 Å². The summed E-state index contributed by atoms with van der Waals surface area (Å²) in [5.74, 6) is -0.364. The van der Waals surface area contributed by atoms with Crippen molar-refractivity contribution in [2.75, 3.05) is 0 Å². The van der Waals surface area contributed by atoms with Gasteiger partial charge in [-0.3, -0.25) is 0 Å². The second kappa shape index (κ2) is 6.22. The zero-order valence-corrected chi connectivity index (χ0v) is 11.3. The fourth-order valence-corrected chi connectivity index (χ4v) is 2.01. The van der Waals surface area contributed by atoms with Gasteiger partial charge in [0.25, 0.3) is 0 Å². The fraction of sp³-hybridized carbons (Fsp3) is 0.143. The normalized spacial score (nSPS) is 10.5. The van der Waals surface area contributed by atoms with Gasteiger partial charge in [-0.1, -0.05) is 23.7 Å². The summed E-state index contributed by atoms with van der Waals surface area (Å²) in [6.07, 6.45) is 0. The third kappa shape index (κ3) is 3.37. The lowest BCUT2D eigenvalue weighted by molar-refractivity contribution is 0.297. The largest absolute Gasteiger partial charge is 0.488 e. The van der Waals surface area contributed by atoms with E-state index in [-0.39, 0.29) is 17.5 Å². The Balaban J connectivity index is 2.17. The molecule has 0 saturated heterocycles. The summed E-state index contributed by atoms with van der Waals surface area (Å²) >= 11 is 11.4. The van der Waals surface area contributed by atoms with Crippen LogP contribution in [-0.4, -0.2) is 0 Å². The van der Waals surface area contributed by atoms with Gasteiger partial charge in [-0.15, -0.1) is 11.6 Å². The smallest absolute Gasteiger partial charge is 0.148 e. The summed E-state index contributed by atoms with van der Waals surface area (Å²) in [4.78, 5) is 0. The summed E-state index contributed by atoms with van der Waals surface area (Å²) in [6.45, 7) is 0.00190. The molecular weight excluding hydrogens is 293 g/mol. The number of rotatable bonds is 4. The zero-order valence-electron chi connectivity index (χ0n) is 9.80. The summed E-state index contributed by atoms with van der Waals surface area (Å²) in [7, 11) is 0. The summed E-state index contributed by atoms with van der Waals surface area (Å²) < 4.78 is 32.1. The van der Waals surface area contributed by atoms with Crippen molar-refractivity contribution in [2.45, 2.75) is 12.5 Å². The maximum Gasteiger partial charge on any atom is 0.148 e. The lowest BCUT2D eigenvalue weighted by Crippen LogP contribution is -2.01. The van der Waals surface area contributed by atoms with Crippen molar-refractivity contribution in [3.8, 4) is 5.75 Å². The molecule has 0 spiro atoms. The molecule has 0 N–H and O–H groups in total. The molecule has 19 heavy (non-hydrogen) atoms. The van der Waals surface area contributed by atoms with Crippen LogP contribution in [0.1, 0.15) is 11.1 Å². The Labute approximate surface area is 119 Å². The molecule has 0 aliphatic rings. The lowest BCUT2D eigenvalue weighted by Gasteiger charge is -2.11. The van der Waals surface area contributed by atoms with Crippen LogP contribution in [0.25, 0.3) is 0 Å². The molecule has 100 valence electrons. The highest BCUT2D eigenvalue weighted by Crippen LogP contribution is 2.24. The number of hydrogen-bond donors (Lipinski definition) is 0. The number of ether oxygens (including phenoxy) is 1. The third-order valence-electron chi connectivity index (χ3n) is 2.58. The Bertz CT molecular complexity index is 588. The molecule has 0 radical (unpaired) electrons. The molecular formula is C14H10Cl2F2O. The van der Waals surface area contributed by atoms with E-state index in [1.807, 2.05) is 0 Å². The van der Waals surface area contributed by atoms with E-state index in [9.17, 15) is 8.78 Å². The molecule has 2 aromatic rings. The molecule has 1 nitrogen and oxygen atoms in total. The molecule has 0 amide bonds. The van der Waals surface area contributed by atoms with Gasteiger partial charge in [0.2, 0.25) is 0 Å². The van der Waals surface area contributed by atoms with E-state index in [4.69, 9.17) is 27.9 Å². The van der Waals surface area contributed by atoms with Crippen LogP contribution in [0.15, 0.2) is 36.4 Å². The van der Waals surface area contributed by atoms with Crippen molar-refractivity contribution in [1.29, 1.82) is 0 Å². The Kier molecular flexibility index (Phi) is 4.61. The fourth-order valence-electron chi connectivity index (χ4n) is 1.61. The third-order valence-corrected chi connectivity index (χ3v) is 3.16. The van der Waals surface area contributed by atoms with Gasteiger partial charge in [-0.05, 0) is 24.3 Å². The van der Waals surface area contributed by atoms with Gasteiger partial charge in [-0.2, -0.15) is 0 Å². The van der Waals surface area contributed by atoms with Gasteiger partial charge in [0, 0.05) is 11.1 Å². The van der Waals surface area contributed by atoms with Gasteiger partial charge in [0.15, 0.2) is 0 Å². The molecule has 0 fully saturated rings. The topological polar surface area (TPSA) is 9.23 Å². The highest BCUT2D eigenvalue weighted by molar-refractivity contribution is 6.30. The second-order valence-electron chi connectivity index (χ2n) is 3.89. The van der Waals surface area contributed by atoms with Crippen LogP contribution in [0.5, 0.6) is 5.75 Å². The van der Waals surface area contributed by atoms with E-state index < -0.39 is 11.6 Å². The minimum atomic E-state index is -0.515. The molecule has 0 unspecified atom stereocenters. The summed E-state index contributed by atoms with van der Waals surface area (Å²) in [5, 5.41) is 0.0396. The minimum absolute atomic E-state index is 0.00190. The van der Waals surface area contributed by atoms with E-state index in [2.05, 4.69) is 0 Å². The van der Waals surface area contributed by atoms with Crippen LogP contribution in [0, 0.1) is 11.6 Å². The van der Waals surface area contributed by atoms with E-state index in [0.29, 0.717) is 16.9 Å². The average molecular weight is 303 g/mol. The first-order valence-electron chi connectivity index (χ1n) is 5.52. The Hall–Kier alpha value is -1.32. The first kappa shape index (κ1) is 14.1. The first-order valence-corrected chi connectivity index (χ1v) is 6.43. The lowest BCUT2D eigenvalue weighted by atomic mass is 10.2. The maximum absolute atomic E-state index is 13.7. The molecule has 0 heterocycles. The number of hydrogen-bond acceptors (Lipinski definition) is 1. The Morgan fingerprint density at radius 2 is 1.84 bits per heavy atom. The molecule has 2 rings (SSSR count). The SMILES string of the molecule is Fc1ccc(OCc2cccc(Cl)c2F)c(CCl)c1. The van der Waals surface area contributed by atoms with Crippen LogP contribution in [0.2, 0.25) is 5.02 Å². The van der Waals surface area contributed by atoms with Gasteiger partial charge >= 0.3 is 0 Å². The monoisotopic (exact) mass is 302 g/mol. The van der Waals surface area contributed by atoms with Crippen LogP contribution in [-0.2, 0) is 12.5 Å². The number of alkyl halides is 1. The highest BCUT2D eigenvalue weighted by atomic mass is 35.5. The number of halogens is 4. The second-order valence-corrected chi connectivity index (χ2v) is 4.56. The first-order chi connectivity index (χ1) is 9.11. The van der Waals surface area contributed by atoms with Crippen molar-refractivity contribution in [2.24, 2.45) is 0 Å². The summed E-state index contributed by atoms with van der Waals surface area (Å²) in [5.41, 5.74) is 0.849. The molecule has 0 aliphatic carbocycles. The zero-order chi connectivity index (χ0) is 13.8. The quantitative estimate of drug-likeness (QED) is 0.727. The van der Waals surface area contributed by atoms with Crippen molar-refractivity contribution in [3.63, 3.8) is 0 Å². The van der Waals surface area contributed by atoms with E-state index >= 15 is 0 Å². The van der Waals surface area contributed by atoms with Gasteiger partial charge in [0.05, 0.1) is 10.9 Å². The van der Waals surface area contributed by atoms with Crippen molar-refractivity contribution < 1.29 is 13.5 Å². The van der Waals surface area contributed by atoms with E-state index in [1.165, 1.54) is 24.3 Å². The minimum Gasteiger partial charge on any atom is -0.488 e. The van der Waals surface area contributed by atoms with Crippen LogP contribution >= 0.6 is 23.2 Å². The van der Waals surface area contributed by atoms with Crippen molar-refractivity contribution in [1.82, 2.24) is 0 Å². The van der Waals surface area contributed by atoms with Crippen molar-refractivity contribution >= 4 is 23.2 Å². The van der Waals surface area contributed by atoms with Gasteiger partial charge < -0.3 is 4.74 Å². The average Bonchev–Trinajstić information content (AvgIpc) is 2.41. The standard InChI is InChI=1S/C14H10Cl2F2O/c15-7-10-6-11(17)4-5-13(10)19-8-9-2-1-3-12(16)14(9)18/h1-6H,7-8H2. The van der Waals surface area contributed by atoms with Crippen molar-refractivity contribution in [3.05, 3.63) is 64.2 Å². The molecule has 2 aromatic carbocycles. The van der Waals surface area contributed by atoms with Gasteiger partial charge in [-0.25, -0.2) is 8.78 Å². The Morgan fingerprint density at radius 1 is 1.05 bits per heavy atom. The molecule has 0 aliphatic heterocycles. The highest BCUT2D eigenvalue weighted by Gasteiger charge is 2.09. The predicted molar refractivity (Wildman–Crippen MR) is 71.7 cm³/mol. The van der Waals surface area contributed by atoms with Gasteiger partial charge in [0.1, 0.15) is 24.0 Å². The molecule has 0 atom stereocenters. The van der Waals surface area contributed by atoms with E-state index in [1.54, 1.807) is 12.1 Å². The predicted octanol–water partition coefficient (Wildman–Crippen LogP) is 4.94. The Morgan fingerprint density at radius 3 is 2.58 bits per heavy atom. The van der Waals surface area contributed by atoms with Crippen LogP contribution < -0.4 is 4.74 Å². The summed E-state index contributed by atoms with van der Waals surface area (Å²) in [6, 6.07) is 8.69.